The van der Waals surface area contributed by atoms with E-state index in [0.29, 0.717) is 12.6 Å². The molecule has 0 spiro atoms. The first-order chi connectivity index (χ1) is 5.20. The maximum absolute atomic E-state index is 5.00. The zero-order valence-corrected chi connectivity index (χ0v) is 7.27. The van der Waals surface area contributed by atoms with E-state index in [4.69, 9.17) is 4.84 Å². The van der Waals surface area contributed by atoms with E-state index >= 15 is 0 Å². The molecule has 0 heterocycles. The summed E-state index contributed by atoms with van der Waals surface area (Å²) >= 11 is 0. The molecular weight excluding hydrogens is 142 g/mol. The second-order valence-electron chi connectivity index (χ2n) is 2.17. The number of nitrogens with zero attached hydrogens (tertiary/aromatic N) is 1. The summed E-state index contributed by atoms with van der Waals surface area (Å²) in [5.74, 6) is 0.603. The van der Waals surface area contributed by atoms with Gasteiger partial charge in [-0.25, -0.2) is 5.48 Å². The smallest absolute Gasteiger partial charge is 0.215 e. The van der Waals surface area contributed by atoms with Crippen molar-refractivity contribution in [2.75, 3.05) is 20.7 Å². The lowest BCUT2D eigenvalue weighted by Crippen LogP contribution is -2.34. The molecule has 0 aliphatic carbocycles. The predicted molar refractivity (Wildman–Crippen MR) is 46.3 cm³/mol. The van der Waals surface area contributed by atoms with E-state index in [9.17, 15) is 0 Å². The second-order valence-corrected chi connectivity index (χ2v) is 2.17. The van der Waals surface area contributed by atoms with Crippen LogP contribution in [0.25, 0.3) is 0 Å². The predicted octanol–water partition coefficient (Wildman–Crippen LogP) is 0.289. The average Bonchev–Trinajstić information content (AvgIpc) is 1.98. The van der Waals surface area contributed by atoms with E-state index in [0.717, 1.165) is 5.57 Å². The van der Waals surface area contributed by atoms with Crippen molar-refractivity contribution in [2.24, 2.45) is 4.99 Å². The first-order valence-corrected chi connectivity index (χ1v) is 3.37. The van der Waals surface area contributed by atoms with Crippen LogP contribution in [0, 0.1) is 0 Å². The van der Waals surface area contributed by atoms with Gasteiger partial charge in [0.05, 0.1) is 6.61 Å². The molecule has 0 aromatic carbocycles. The van der Waals surface area contributed by atoms with Crippen LogP contribution in [-0.2, 0) is 4.84 Å². The van der Waals surface area contributed by atoms with Gasteiger partial charge < -0.3 is 5.32 Å². The molecule has 0 bridgehead atoms. The van der Waals surface area contributed by atoms with Gasteiger partial charge in [-0.1, -0.05) is 12.2 Å². The molecule has 0 atom stereocenters. The van der Waals surface area contributed by atoms with Crippen LogP contribution in [0.3, 0.4) is 0 Å². The Morgan fingerprint density at radius 2 is 2.27 bits per heavy atom. The molecule has 0 radical (unpaired) electrons. The van der Waals surface area contributed by atoms with Gasteiger partial charge in [0.1, 0.15) is 0 Å². The van der Waals surface area contributed by atoms with Crippen LogP contribution in [-0.4, -0.2) is 26.7 Å². The normalized spacial score (nSPS) is 11.0. The van der Waals surface area contributed by atoms with Crippen LogP contribution < -0.4 is 10.8 Å². The molecular formula is C7H15N3O. The third-order valence-corrected chi connectivity index (χ3v) is 0.948. The molecule has 64 valence electrons. The highest BCUT2D eigenvalue weighted by Crippen LogP contribution is 1.84. The van der Waals surface area contributed by atoms with Crippen LogP contribution >= 0.6 is 0 Å². The van der Waals surface area contributed by atoms with E-state index in [1.54, 1.807) is 14.1 Å². The first kappa shape index (κ1) is 9.97. The summed E-state index contributed by atoms with van der Waals surface area (Å²) < 4.78 is 0. The summed E-state index contributed by atoms with van der Waals surface area (Å²) in [5.41, 5.74) is 3.59. The van der Waals surface area contributed by atoms with Crippen LogP contribution in [0.15, 0.2) is 17.1 Å². The summed E-state index contributed by atoms with van der Waals surface area (Å²) in [5, 5.41) is 2.81. The highest BCUT2D eigenvalue weighted by molar-refractivity contribution is 5.78. The molecule has 0 saturated carbocycles. The Kier molecular flexibility index (Phi) is 5.20. The zero-order chi connectivity index (χ0) is 8.69. The topological polar surface area (TPSA) is 45.6 Å². The van der Waals surface area contributed by atoms with E-state index in [-0.39, 0.29) is 0 Å². The van der Waals surface area contributed by atoms with E-state index < -0.39 is 0 Å². The Labute approximate surface area is 67.3 Å². The van der Waals surface area contributed by atoms with Gasteiger partial charge in [0, 0.05) is 14.1 Å². The van der Waals surface area contributed by atoms with Crippen molar-refractivity contribution in [3.63, 3.8) is 0 Å². The lowest BCUT2D eigenvalue weighted by molar-refractivity contribution is 0.103. The van der Waals surface area contributed by atoms with E-state index in [1.165, 1.54) is 0 Å². The van der Waals surface area contributed by atoms with Gasteiger partial charge in [-0.05, 0) is 6.92 Å². The Morgan fingerprint density at radius 1 is 1.64 bits per heavy atom. The van der Waals surface area contributed by atoms with Crippen LogP contribution in [0.1, 0.15) is 6.92 Å². The Hall–Kier alpha value is -1.03. The van der Waals surface area contributed by atoms with Gasteiger partial charge >= 0.3 is 0 Å². The Balaban J connectivity index is 3.45. The maximum Gasteiger partial charge on any atom is 0.215 e. The fourth-order valence-corrected chi connectivity index (χ4v) is 0.436. The molecule has 0 aromatic heterocycles. The van der Waals surface area contributed by atoms with Gasteiger partial charge in [0.15, 0.2) is 0 Å². The summed E-state index contributed by atoms with van der Waals surface area (Å²) in [6.45, 7) is 6.06. The number of guanidine groups is 1. The molecule has 0 aliphatic rings. The summed E-state index contributed by atoms with van der Waals surface area (Å²) in [6.07, 6.45) is 0. The standard InChI is InChI=1S/C7H15N3O/c1-6(2)5-11-10-7(8-3)9-4/h1,5H2,2-4H3,(H2,8,9,10). The number of hydrogen-bond donors (Lipinski definition) is 2. The quantitative estimate of drug-likeness (QED) is 0.268. The third kappa shape index (κ3) is 5.42. The zero-order valence-electron chi connectivity index (χ0n) is 7.27. The van der Waals surface area contributed by atoms with Crippen molar-refractivity contribution in [3.8, 4) is 0 Å². The minimum absolute atomic E-state index is 0.487. The van der Waals surface area contributed by atoms with Gasteiger partial charge in [-0.3, -0.25) is 9.83 Å². The molecule has 0 aliphatic heterocycles. The van der Waals surface area contributed by atoms with E-state index in [1.807, 2.05) is 6.92 Å². The monoisotopic (exact) mass is 157 g/mol. The van der Waals surface area contributed by atoms with Crippen molar-refractivity contribution < 1.29 is 4.84 Å². The Morgan fingerprint density at radius 3 is 2.64 bits per heavy atom. The summed E-state index contributed by atoms with van der Waals surface area (Å²) in [7, 11) is 3.43. The van der Waals surface area contributed by atoms with Crippen molar-refractivity contribution in [1.29, 1.82) is 0 Å². The minimum atomic E-state index is 0.487. The van der Waals surface area contributed by atoms with E-state index in [2.05, 4.69) is 22.4 Å². The van der Waals surface area contributed by atoms with Gasteiger partial charge in [0.25, 0.3) is 0 Å². The lowest BCUT2D eigenvalue weighted by atomic mass is 10.4. The van der Waals surface area contributed by atoms with Gasteiger partial charge in [-0.2, -0.15) is 0 Å². The molecule has 0 rings (SSSR count). The van der Waals surface area contributed by atoms with Gasteiger partial charge in [-0.15, -0.1) is 0 Å². The van der Waals surface area contributed by atoms with Crippen LogP contribution in [0.5, 0.6) is 0 Å². The van der Waals surface area contributed by atoms with Crippen molar-refractivity contribution in [1.82, 2.24) is 10.8 Å². The highest BCUT2D eigenvalue weighted by atomic mass is 16.6. The number of nitrogens with one attached hydrogen (secondary N) is 2. The average molecular weight is 157 g/mol. The molecule has 0 amide bonds. The molecule has 4 heteroatoms. The van der Waals surface area contributed by atoms with Crippen LogP contribution in [0.2, 0.25) is 0 Å². The second kappa shape index (κ2) is 5.73. The molecule has 11 heavy (non-hydrogen) atoms. The Bertz CT molecular complexity index is 154. The fourth-order valence-electron chi connectivity index (χ4n) is 0.436. The minimum Gasteiger partial charge on any atom is -0.358 e. The number of hydroxylamine groups is 1. The highest BCUT2D eigenvalue weighted by Gasteiger charge is 1.91. The summed E-state index contributed by atoms with van der Waals surface area (Å²) in [4.78, 5) is 8.84. The molecule has 0 saturated heterocycles. The SMILES string of the molecule is C=C(C)CONC(=NC)NC. The molecule has 4 nitrogen and oxygen atoms in total. The van der Waals surface area contributed by atoms with Gasteiger partial charge in [0.2, 0.25) is 5.96 Å². The molecule has 0 unspecified atom stereocenters. The fraction of sp³-hybridized carbons (Fsp3) is 0.571. The number of aliphatic imine (C=N–C) groups is 1. The largest absolute Gasteiger partial charge is 0.358 e. The third-order valence-electron chi connectivity index (χ3n) is 0.948. The summed E-state index contributed by atoms with van der Waals surface area (Å²) in [6, 6.07) is 0. The number of hydrogen-bond acceptors (Lipinski definition) is 2. The van der Waals surface area contributed by atoms with Crippen LogP contribution in [0.4, 0.5) is 0 Å². The molecule has 2 N–H and O–H groups in total. The molecule has 0 aromatic rings. The first-order valence-electron chi connectivity index (χ1n) is 3.37. The van der Waals surface area contributed by atoms with Crippen molar-refractivity contribution in [3.05, 3.63) is 12.2 Å². The lowest BCUT2D eigenvalue weighted by Gasteiger charge is -2.07. The van der Waals surface area contributed by atoms with Crippen molar-refractivity contribution in [2.45, 2.75) is 6.92 Å². The maximum atomic E-state index is 5.00. The molecule has 0 fully saturated rings. The van der Waals surface area contributed by atoms with Crippen molar-refractivity contribution >= 4 is 5.96 Å². The number of rotatable bonds is 3.